The van der Waals surface area contributed by atoms with Gasteiger partial charge in [-0.2, -0.15) is 0 Å². The predicted molar refractivity (Wildman–Crippen MR) is 88.9 cm³/mol. The smallest absolute Gasteiger partial charge is 0.184 e. The third-order valence-corrected chi connectivity index (χ3v) is 4.33. The lowest BCUT2D eigenvalue weighted by Gasteiger charge is -1.96. The van der Waals surface area contributed by atoms with Gasteiger partial charge >= 0.3 is 0 Å². The molecular weight excluding hydrogens is 294 g/mol. The molecule has 0 aliphatic carbocycles. The molecule has 0 aliphatic rings. The number of aromatic nitrogens is 2. The first kappa shape index (κ1) is 13.0. The normalized spacial score (nSPS) is 10.9. The van der Waals surface area contributed by atoms with Crippen molar-refractivity contribution in [1.82, 2.24) is 10.1 Å². The number of benzene rings is 2. The molecule has 0 spiro atoms. The van der Waals surface area contributed by atoms with E-state index >= 15 is 0 Å². The Morgan fingerprint density at radius 1 is 1.00 bits per heavy atom. The van der Waals surface area contributed by atoms with Gasteiger partial charge in [0.15, 0.2) is 10.9 Å². The molecule has 2 aromatic heterocycles. The van der Waals surface area contributed by atoms with E-state index in [1.807, 2.05) is 54.6 Å². The number of hydrogen-bond donors (Lipinski definition) is 1. The number of fused-ring (bicyclic) bond motifs is 1. The minimum Gasteiger partial charge on any atom is -0.356 e. The van der Waals surface area contributed by atoms with Crippen LogP contribution in [0.4, 0.5) is 5.13 Å². The van der Waals surface area contributed by atoms with Crippen molar-refractivity contribution in [3.8, 4) is 11.3 Å². The van der Waals surface area contributed by atoms with Crippen molar-refractivity contribution in [3.05, 3.63) is 66.4 Å². The van der Waals surface area contributed by atoms with Gasteiger partial charge in [0, 0.05) is 11.6 Å². The Hall–Kier alpha value is -2.66. The van der Waals surface area contributed by atoms with Crippen LogP contribution < -0.4 is 5.32 Å². The standard InChI is InChI=1S/C17H13N3OS/c1-2-6-12(7-3-1)15-10-13(20-21-15)11-18-17-19-14-8-4-5-9-16(14)22-17/h1-10H,11H2,(H,18,19). The van der Waals surface area contributed by atoms with Crippen molar-refractivity contribution in [2.24, 2.45) is 0 Å². The molecule has 1 N–H and O–H groups in total. The first-order valence-electron chi connectivity index (χ1n) is 6.99. The van der Waals surface area contributed by atoms with Crippen molar-refractivity contribution >= 4 is 26.7 Å². The maximum Gasteiger partial charge on any atom is 0.184 e. The summed E-state index contributed by atoms with van der Waals surface area (Å²) in [5, 5.41) is 8.29. The number of rotatable bonds is 4. The third-order valence-electron chi connectivity index (χ3n) is 3.33. The van der Waals surface area contributed by atoms with Gasteiger partial charge in [-0.1, -0.05) is 59.0 Å². The number of para-hydroxylation sites is 1. The molecule has 0 atom stereocenters. The van der Waals surface area contributed by atoms with E-state index < -0.39 is 0 Å². The number of anilines is 1. The van der Waals surface area contributed by atoms with Crippen LogP contribution in [0.25, 0.3) is 21.5 Å². The second kappa shape index (κ2) is 5.61. The van der Waals surface area contributed by atoms with Gasteiger partial charge in [0.25, 0.3) is 0 Å². The summed E-state index contributed by atoms with van der Waals surface area (Å²) in [6, 6.07) is 20.0. The number of thiazole rings is 1. The van der Waals surface area contributed by atoms with Gasteiger partial charge in [-0.15, -0.1) is 0 Å². The molecular formula is C17H13N3OS. The highest BCUT2D eigenvalue weighted by atomic mass is 32.1. The van der Waals surface area contributed by atoms with Crippen molar-refractivity contribution in [2.75, 3.05) is 5.32 Å². The molecule has 2 heterocycles. The Morgan fingerprint density at radius 3 is 2.68 bits per heavy atom. The number of nitrogens with one attached hydrogen (secondary N) is 1. The molecule has 0 amide bonds. The minimum absolute atomic E-state index is 0.593. The summed E-state index contributed by atoms with van der Waals surface area (Å²) in [5.41, 5.74) is 2.90. The van der Waals surface area contributed by atoms with Gasteiger partial charge in [0.2, 0.25) is 0 Å². The first-order valence-corrected chi connectivity index (χ1v) is 7.80. The van der Waals surface area contributed by atoms with E-state index in [0.29, 0.717) is 6.54 Å². The topological polar surface area (TPSA) is 51.0 Å². The zero-order valence-corrected chi connectivity index (χ0v) is 12.5. The van der Waals surface area contributed by atoms with Crippen molar-refractivity contribution < 1.29 is 4.52 Å². The molecule has 22 heavy (non-hydrogen) atoms. The van der Waals surface area contributed by atoms with E-state index in [-0.39, 0.29) is 0 Å². The Balaban J connectivity index is 1.49. The fraction of sp³-hybridized carbons (Fsp3) is 0.0588. The maximum atomic E-state index is 5.39. The van der Waals surface area contributed by atoms with Crippen LogP contribution in [0.5, 0.6) is 0 Å². The molecule has 0 unspecified atom stereocenters. The zero-order valence-electron chi connectivity index (χ0n) is 11.7. The van der Waals surface area contributed by atoms with Gasteiger partial charge in [-0.05, 0) is 12.1 Å². The minimum atomic E-state index is 0.593. The van der Waals surface area contributed by atoms with Gasteiger partial charge in [0.1, 0.15) is 5.69 Å². The highest BCUT2D eigenvalue weighted by Gasteiger charge is 2.07. The van der Waals surface area contributed by atoms with E-state index in [1.165, 1.54) is 4.70 Å². The van der Waals surface area contributed by atoms with Crippen LogP contribution >= 0.6 is 11.3 Å². The van der Waals surface area contributed by atoms with Crippen LogP contribution in [-0.4, -0.2) is 10.1 Å². The van der Waals surface area contributed by atoms with E-state index in [4.69, 9.17) is 4.52 Å². The number of hydrogen-bond acceptors (Lipinski definition) is 5. The van der Waals surface area contributed by atoms with Crippen molar-refractivity contribution in [3.63, 3.8) is 0 Å². The van der Waals surface area contributed by atoms with Crippen LogP contribution in [0.3, 0.4) is 0 Å². The number of nitrogens with zero attached hydrogens (tertiary/aromatic N) is 2. The van der Waals surface area contributed by atoms with Crippen LogP contribution in [0.15, 0.2) is 65.2 Å². The molecule has 0 fully saturated rings. The summed E-state index contributed by atoms with van der Waals surface area (Å²) in [6.07, 6.45) is 0. The SMILES string of the molecule is c1ccc(-c2cc(CNc3nc4ccccc4s3)no2)cc1. The molecule has 4 nitrogen and oxygen atoms in total. The van der Waals surface area contributed by atoms with Crippen LogP contribution in [0, 0.1) is 0 Å². The monoisotopic (exact) mass is 307 g/mol. The van der Waals surface area contributed by atoms with Crippen LogP contribution in [-0.2, 0) is 6.54 Å². The van der Waals surface area contributed by atoms with Crippen molar-refractivity contribution in [1.29, 1.82) is 0 Å². The van der Waals surface area contributed by atoms with E-state index in [0.717, 1.165) is 27.7 Å². The third kappa shape index (κ3) is 2.58. The van der Waals surface area contributed by atoms with Gasteiger partial charge in [-0.3, -0.25) is 0 Å². The Morgan fingerprint density at radius 2 is 1.82 bits per heavy atom. The lowest BCUT2D eigenvalue weighted by molar-refractivity contribution is 0.424. The maximum absolute atomic E-state index is 5.39. The molecule has 4 rings (SSSR count). The largest absolute Gasteiger partial charge is 0.356 e. The second-order valence-corrected chi connectivity index (χ2v) is 5.92. The molecule has 4 aromatic rings. The average molecular weight is 307 g/mol. The van der Waals surface area contributed by atoms with E-state index in [2.05, 4.69) is 21.5 Å². The second-order valence-electron chi connectivity index (χ2n) is 4.89. The lowest BCUT2D eigenvalue weighted by atomic mass is 10.2. The van der Waals surface area contributed by atoms with Gasteiger partial charge in [-0.25, -0.2) is 4.98 Å². The lowest BCUT2D eigenvalue weighted by Crippen LogP contribution is -1.98. The average Bonchev–Trinajstić information content (AvgIpc) is 3.20. The molecule has 108 valence electrons. The molecule has 5 heteroatoms. The highest BCUT2D eigenvalue weighted by molar-refractivity contribution is 7.22. The Labute approximate surface area is 131 Å². The summed E-state index contributed by atoms with van der Waals surface area (Å²) in [5.74, 6) is 0.779. The molecule has 0 saturated heterocycles. The summed E-state index contributed by atoms with van der Waals surface area (Å²) >= 11 is 1.64. The highest BCUT2D eigenvalue weighted by Crippen LogP contribution is 2.26. The van der Waals surface area contributed by atoms with Gasteiger partial charge < -0.3 is 9.84 Å². The summed E-state index contributed by atoms with van der Waals surface area (Å²) in [6.45, 7) is 0.593. The molecule has 2 aromatic carbocycles. The van der Waals surface area contributed by atoms with E-state index in [1.54, 1.807) is 11.3 Å². The molecule has 0 bridgehead atoms. The zero-order chi connectivity index (χ0) is 14.8. The van der Waals surface area contributed by atoms with Crippen molar-refractivity contribution in [2.45, 2.75) is 6.54 Å². The molecule has 0 saturated carbocycles. The Bertz CT molecular complexity index is 865. The molecule has 0 radical (unpaired) electrons. The van der Waals surface area contributed by atoms with Gasteiger partial charge in [0.05, 0.1) is 16.8 Å². The van der Waals surface area contributed by atoms with E-state index in [9.17, 15) is 0 Å². The first-order chi connectivity index (χ1) is 10.9. The summed E-state index contributed by atoms with van der Waals surface area (Å²) in [7, 11) is 0. The molecule has 0 aliphatic heterocycles. The predicted octanol–water partition coefficient (Wildman–Crippen LogP) is 4.56. The Kier molecular flexibility index (Phi) is 3.33. The van der Waals surface area contributed by atoms with Crippen LogP contribution in [0.2, 0.25) is 0 Å². The fourth-order valence-corrected chi connectivity index (χ4v) is 3.11. The van der Waals surface area contributed by atoms with Crippen LogP contribution in [0.1, 0.15) is 5.69 Å². The summed E-state index contributed by atoms with van der Waals surface area (Å²) in [4.78, 5) is 4.54. The summed E-state index contributed by atoms with van der Waals surface area (Å²) < 4.78 is 6.57. The fourth-order valence-electron chi connectivity index (χ4n) is 2.25. The quantitative estimate of drug-likeness (QED) is 0.600.